The maximum atomic E-state index is 5.03. The summed E-state index contributed by atoms with van der Waals surface area (Å²) in [5, 5.41) is 2.64. The zero-order chi connectivity index (χ0) is 27.3. The Bertz CT molecular complexity index is 1150. The largest absolute Gasteiger partial charge is 0.115 e. The first kappa shape index (κ1) is 32.2. The molecule has 0 fully saturated rings. The number of benzene rings is 3. The number of hydrogen-bond acceptors (Lipinski definition) is 0. The number of rotatable bonds is 6. The van der Waals surface area contributed by atoms with E-state index in [1.54, 1.807) is 24.3 Å². The first-order valence-corrected chi connectivity index (χ1v) is 12.7. The second kappa shape index (κ2) is 19.5. The minimum Gasteiger partial charge on any atom is -0.115 e. The minimum absolute atomic E-state index is 0.764. The van der Waals surface area contributed by atoms with Crippen molar-refractivity contribution in [3.05, 3.63) is 138 Å². The first-order chi connectivity index (χ1) is 17.4. The van der Waals surface area contributed by atoms with Gasteiger partial charge in [-0.15, -0.1) is 6.42 Å². The molecular formula is C36H44. The van der Waals surface area contributed by atoms with Crippen LogP contribution in [-0.4, -0.2) is 0 Å². The van der Waals surface area contributed by atoms with Crippen LogP contribution in [-0.2, 0) is 12.8 Å². The summed E-state index contributed by atoms with van der Waals surface area (Å²) < 4.78 is 0. The van der Waals surface area contributed by atoms with Crippen LogP contribution in [0.5, 0.6) is 0 Å². The van der Waals surface area contributed by atoms with Gasteiger partial charge in [-0.25, -0.2) is 0 Å². The van der Waals surface area contributed by atoms with E-state index in [0.717, 1.165) is 18.4 Å². The maximum Gasteiger partial charge on any atom is 0.0236 e. The summed E-state index contributed by atoms with van der Waals surface area (Å²) in [4.78, 5) is 0. The van der Waals surface area contributed by atoms with Crippen molar-refractivity contribution in [1.29, 1.82) is 0 Å². The molecule has 0 heterocycles. The van der Waals surface area contributed by atoms with E-state index in [4.69, 9.17) is 6.42 Å². The molecule has 0 heteroatoms. The molecule has 0 aromatic heterocycles. The molecule has 0 aliphatic heterocycles. The molecule has 0 unspecified atom stereocenters. The highest BCUT2D eigenvalue weighted by Crippen LogP contribution is 2.23. The Kier molecular flexibility index (Phi) is 17.4. The summed E-state index contributed by atoms with van der Waals surface area (Å²) in [6.45, 7) is 23.3. The van der Waals surface area contributed by atoms with Crippen molar-refractivity contribution >= 4 is 16.8 Å². The van der Waals surface area contributed by atoms with E-state index >= 15 is 0 Å². The Balaban J connectivity index is 0.000000530. The van der Waals surface area contributed by atoms with Gasteiger partial charge in [-0.05, 0) is 77.4 Å². The van der Waals surface area contributed by atoms with Crippen LogP contribution in [0, 0.1) is 26.2 Å². The normalized spacial score (nSPS) is 9.97. The van der Waals surface area contributed by atoms with Crippen LogP contribution in [0.25, 0.3) is 16.8 Å². The predicted octanol–water partition coefficient (Wildman–Crippen LogP) is 10.4. The van der Waals surface area contributed by atoms with Crippen molar-refractivity contribution in [2.75, 3.05) is 0 Å². The predicted molar refractivity (Wildman–Crippen MR) is 167 cm³/mol. The lowest BCUT2D eigenvalue weighted by Crippen LogP contribution is -1.84. The Morgan fingerprint density at radius 2 is 1.42 bits per heavy atom. The lowest BCUT2D eigenvalue weighted by atomic mass is 9.98. The topological polar surface area (TPSA) is 0 Å². The van der Waals surface area contributed by atoms with Crippen molar-refractivity contribution in [3.63, 3.8) is 0 Å². The molecule has 0 bridgehead atoms. The van der Waals surface area contributed by atoms with Crippen LogP contribution in [0.2, 0.25) is 0 Å². The van der Waals surface area contributed by atoms with Gasteiger partial charge in [-0.1, -0.05) is 132 Å². The molecule has 0 aliphatic rings. The van der Waals surface area contributed by atoms with Gasteiger partial charge in [-0.2, -0.15) is 0 Å². The number of fused-ring (bicyclic) bond motifs is 1. The third-order valence-electron chi connectivity index (χ3n) is 5.42. The highest BCUT2D eigenvalue weighted by Gasteiger charge is 2.00. The van der Waals surface area contributed by atoms with Gasteiger partial charge in [0.2, 0.25) is 0 Å². The van der Waals surface area contributed by atoms with E-state index in [1.165, 1.54) is 38.6 Å². The molecule has 0 spiro atoms. The Morgan fingerprint density at radius 1 is 0.833 bits per heavy atom. The summed E-state index contributed by atoms with van der Waals surface area (Å²) in [7, 11) is 0. The number of allylic oxidation sites excluding steroid dienone is 6. The smallest absolute Gasteiger partial charge is 0.0236 e. The minimum atomic E-state index is 0.764. The third-order valence-corrected chi connectivity index (χ3v) is 5.42. The molecule has 0 N–H and O–H groups in total. The molecule has 0 atom stereocenters. The van der Waals surface area contributed by atoms with Gasteiger partial charge in [0.25, 0.3) is 0 Å². The molecule has 3 aromatic rings. The summed E-state index contributed by atoms with van der Waals surface area (Å²) >= 11 is 0. The first-order valence-electron chi connectivity index (χ1n) is 12.7. The molecule has 0 aliphatic carbocycles. The lowest BCUT2D eigenvalue weighted by Gasteiger charge is -2.06. The Morgan fingerprint density at radius 3 is 1.83 bits per heavy atom. The van der Waals surface area contributed by atoms with Gasteiger partial charge in [0.05, 0.1) is 0 Å². The van der Waals surface area contributed by atoms with E-state index in [1.807, 2.05) is 19.9 Å². The molecule has 3 rings (SSSR count). The van der Waals surface area contributed by atoms with Crippen LogP contribution in [0.4, 0.5) is 0 Å². The fourth-order valence-electron chi connectivity index (χ4n) is 3.27. The molecule has 188 valence electrons. The second-order valence-corrected chi connectivity index (χ2v) is 7.83. The van der Waals surface area contributed by atoms with Crippen molar-refractivity contribution in [3.8, 4) is 12.3 Å². The highest BCUT2D eigenvalue weighted by molar-refractivity contribution is 5.88. The summed E-state index contributed by atoms with van der Waals surface area (Å²) in [6, 6.07) is 19.7. The standard InChI is InChI=1S/C16H16.C10H14.C8H8.C2H6/c1-4-5-8-14-11-15-9-6-7-12(2)16(15)10-13(14)3;1-3-9-5-7-10(4-2)8-6-9;1-4-7-8(5-2)6-3;1-2/h4-11H,1H2,2-3H3;5-8H,3-4H2,1-2H3;2,4,6-7H,1,3H2;1-2H3/b8-5-;;8-7-;. The van der Waals surface area contributed by atoms with Crippen molar-refractivity contribution in [2.45, 2.75) is 54.4 Å². The molecule has 0 saturated heterocycles. The maximum absolute atomic E-state index is 5.03. The van der Waals surface area contributed by atoms with E-state index in [-0.39, 0.29) is 0 Å². The summed E-state index contributed by atoms with van der Waals surface area (Å²) in [5.74, 6) is 2.42. The second-order valence-electron chi connectivity index (χ2n) is 7.83. The Labute approximate surface area is 221 Å². The van der Waals surface area contributed by atoms with Crippen molar-refractivity contribution in [2.24, 2.45) is 0 Å². The van der Waals surface area contributed by atoms with Crippen molar-refractivity contribution in [1.82, 2.24) is 0 Å². The zero-order valence-corrected chi connectivity index (χ0v) is 23.3. The molecule has 36 heavy (non-hydrogen) atoms. The molecule has 0 radical (unpaired) electrons. The average molecular weight is 477 g/mol. The molecule has 3 aromatic carbocycles. The lowest BCUT2D eigenvalue weighted by molar-refractivity contribution is 1.10. The highest BCUT2D eigenvalue weighted by atomic mass is 14.0. The quantitative estimate of drug-likeness (QED) is 0.245. The SMILES string of the molecule is C#C/C(C=C)=C/C=C.C=C/C=C\c1cc2cccc(C)c2cc1C.CC.CCc1ccc(CC)cc1. The van der Waals surface area contributed by atoms with Crippen molar-refractivity contribution < 1.29 is 0 Å². The Hall–Kier alpha value is -3.82. The third kappa shape index (κ3) is 11.5. The van der Waals surface area contributed by atoms with E-state index in [2.05, 4.69) is 114 Å². The van der Waals surface area contributed by atoms with Crippen LogP contribution in [0.3, 0.4) is 0 Å². The average Bonchev–Trinajstić information content (AvgIpc) is 2.93. The van der Waals surface area contributed by atoms with Crippen LogP contribution in [0.15, 0.2) is 110 Å². The van der Waals surface area contributed by atoms with Gasteiger partial charge >= 0.3 is 0 Å². The number of terminal acetylenes is 1. The molecular weight excluding hydrogens is 432 g/mol. The monoisotopic (exact) mass is 476 g/mol. The van der Waals surface area contributed by atoms with E-state index < -0.39 is 0 Å². The van der Waals surface area contributed by atoms with Gasteiger partial charge in [0, 0.05) is 5.57 Å². The van der Waals surface area contributed by atoms with Gasteiger partial charge in [0.1, 0.15) is 0 Å². The molecule has 0 amide bonds. The van der Waals surface area contributed by atoms with E-state index in [9.17, 15) is 0 Å². The molecule has 0 saturated carbocycles. The number of aryl methyl sites for hydroxylation is 4. The van der Waals surface area contributed by atoms with Crippen LogP contribution < -0.4 is 0 Å². The van der Waals surface area contributed by atoms with Crippen LogP contribution >= 0.6 is 0 Å². The fourth-order valence-corrected chi connectivity index (χ4v) is 3.27. The fraction of sp³-hybridized carbons (Fsp3) is 0.222. The van der Waals surface area contributed by atoms with Gasteiger partial charge in [0.15, 0.2) is 0 Å². The summed E-state index contributed by atoms with van der Waals surface area (Å²) in [5.41, 5.74) is 7.52. The van der Waals surface area contributed by atoms with Gasteiger partial charge in [-0.3, -0.25) is 0 Å². The van der Waals surface area contributed by atoms with Gasteiger partial charge < -0.3 is 0 Å². The van der Waals surface area contributed by atoms with E-state index in [0.29, 0.717) is 0 Å². The summed E-state index contributed by atoms with van der Waals surface area (Å²) in [6.07, 6.45) is 18.2. The van der Waals surface area contributed by atoms with Crippen LogP contribution in [0.1, 0.15) is 55.5 Å². The number of hydrogen-bond donors (Lipinski definition) is 0. The zero-order valence-electron chi connectivity index (χ0n) is 23.3. The molecule has 0 nitrogen and oxygen atoms in total.